The molecule has 1 saturated carbocycles. The van der Waals surface area contributed by atoms with Crippen molar-refractivity contribution in [3.05, 3.63) is 60.2 Å². The molecule has 140 valence electrons. The summed E-state index contributed by atoms with van der Waals surface area (Å²) in [5.74, 6) is 0.687. The summed E-state index contributed by atoms with van der Waals surface area (Å²) in [7, 11) is 0. The number of alkyl halides is 3. The number of hydrogen-bond donors (Lipinski definition) is 1. The molecule has 2 aromatic carbocycles. The van der Waals surface area contributed by atoms with E-state index in [0.717, 1.165) is 35.3 Å². The summed E-state index contributed by atoms with van der Waals surface area (Å²) in [6.07, 6.45) is 0.724. The van der Waals surface area contributed by atoms with Crippen LogP contribution in [-0.2, 0) is 6.18 Å². The number of benzene rings is 2. The van der Waals surface area contributed by atoms with Crippen LogP contribution in [0.15, 0.2) is 54.6 Å². The van der Waals surface area contributed by atoms with Crippen LogP contribution in [0.25, 0.3) is 22.2 Å². The van der Waals surface area contributed by atoms with E-state index < -0.39 is 11.7 Å². The fourth-order valence-electron chi connectivity index (χ4n) is 3.77. The number of aromatic nitrogens is 1. The van der Waals surface area contributed by atoms with Crippen LogP contribution >= 0.6 is 0 Å². The quantitative estimate of drug-likeness (QED) is 0.565. The van der Waals surface area contributed by atoms with Crippen LogP contribution < -0.4 is 5.32 Å². The molecule has 3 aromatic rings. The molecule has 0 atom stereocenters. The highest BCUT2D eigenvalue weighted by molar-refractivity contribution is 5.92. The zero-order valence-corrected chi connectivity index (χ0v) is 14.9. The molecule has 0 amide bonds. The average Bonchev–Trinajstić information content (AvgIpc) is 3.19. The molecule has 1 aliphatic rings. The second-order valence-corrected chi connectivity index (χ2v) is 7.18. The first kappa shape index (κ1) is 17.8. The summed E-state index contributed by atoms with van der Waals surface area (Å²) in [5.41, 5.74) is 2.09. The molecule has 0 saturated heterocycles. The van der Waals surface area contributed by atoms with Gasteiger partial charge < -0.3 is 5.32 Å². The van der Waals surface area contributed by atoms with Gasteiger partial charge in [0.15, 0.2) is 0 Å². The van der Waals surface area contributed by atoms with Crippen LogP contribution in [0.4, 0.5) is 18.9 Å². The van der Waals surface area contributed by atoms with E-state index in [4.69, 9.17) is 0 Å². The van der Waals surface area contributed by atoms with Gasteiger partial charge >= 0.3 is 6.18 Å². The van der Waals surface area contributed by atoms with Crippen LogP contribution in [-0.4, -0.2) is 11.5 Å². The SMILES string of the molecule is FC(F)(F)c1cccc(-c2ccc3cccc(NCC4CCCC4)c3n2)c1. The van der Waals surface area contributed by atoms with Crippen molar-refractivity contribution in [1.29, 1.82) is 0 Å². The molecule has 0 unspecified atom stereocenters. The van der Waals surface area contributed by atoms with E-state index in [1.807, 2.05) is 24.3 Å². The highest BCUT2D eigenvalue weighted by atomic mass is 19.4. The zero-order chi connectivity index (χ0) is 18.9. The number of nitrogens with one attached hydrogen (secondary N) is 1. The maximum absolute atomic E-state index is 13.0. The molecule has 27 heavy (non-hydrogen) atoms. The number of rotatable bonds is 4. The summed E-state index contributed by atoms with van der Waals surface area (Å²) < 4.78 is 39.1. The van der Waals surface area contributed by atoms with Gasteiger partial charge in [-0.05, 0) is 43.0 Å². The summed E-state index contributed by atoms with van der Waals surface area (Å²) in [5, 5.41) is 4.48. The Morgan fingerprint density at radius 1 is 0.963 bits per heavy atom. The molecule has 1 aromatic heterocycles. The number of halogens is 3. The second-order valence-electron chi connectivity index (χ2n) is 7.18. The van der Waals surface area contributed by atoms with Crippen molar-refractivity contribution in [1.82, 2.24) is 4.98 Å². The standard InChI is InChI=1S/C22H21F3N2/c23-22(24,25)18-9-3-8-17(13-18)19-12-11-16-7-4-10-20(21(16)27-19)26-14-15-5-1-2-6-15/h3-4,7-13,15,26H,1-2,5-6,14H2. The van der Waals surface area contributed by atoms with Crippen molar-refractivity contribution in [2.75, 3.05) is 11.9 Å². The minimum absolute atomic E-state index is 0.470. The van der Waals surface area contributed by atoms with E-state index in [1.54, 1.807) is 12.1 Å². The summed E-state index contributed by atoms with van der Waals surface area (Å²) in [4.78, 5) is 4.68. The molecule has 5 heteroatoms. The van der Waals surface area contributed by atoms with E-state index in [-0.39, 0.29) is 0 Å². The maximum atomic E-state index is 13.0. The van der Waals surface area contributed by atoms with E-state index in [1.165, 1.54) is 31.7 Å². The Morgan fingerprint density at radius 2 is 1.74 bits per heavy atom. The van der Waals surface area contributed by atoms with Crippen molar-refractivity contribution < 1.29 is 13.2 Å². The molecule has 0 aliphatic heterocycles. The van der Waals surface area contributed by atoms with Gasteiger partial charge in [-0.25, -0.2) is 4.98 Å². The Bertz CT molecular complexity index is 944. The molecule has 1 heterocycles. The third-order valence-electron chi connectivity index (χ3n) is 5.26. The van der Waals surface area contributed by atoms with E-state index in [9.17, 15) is 13.2 Å². The van der Waals surface area contributed by atoms with E-state index >= 15 is 0 Å². The molecule has 0 spiro atoms. The summed E-state index contributed by atoms with van der Waals surface area (Å²) >= 11 is 0. The number of para-hydroxylation sites is 1. The van der Waals surface area contributed by atoms with Crippen LogP contribution in [0.5, 0.6) is 0 Å². The van der Waals surface area contributed by atoms with Gasteiger partial charge in [0.2, 0.25) is 0 Å². The lowest BCUT2D eigenvalue weighted by atomic mass is 10.1. The molecule has 4 rings (SSSR count). The van der Waals surface area contributed by atoms with Gasteiger partial charge in [0.1, 0.15) is 0 Å². The number of nitrogens with zero attached hydrogens (tertiary/aromatic N) is 1. The molecular weight excluding hydrogens is 349 g/mol. The van der Waals surface area contributed by atoms with E-state index in [2.05, 4.69) is 10.3 Å². The first-order valence-corrected chi connectivity index (χ1v) is 9.32. The average molecular weight is 370 g/mol. The zero-order valence-electron chi connectivity index (χ0n) is 14.9. The number of fused-ring (bicyclic) bond motifs is 1. The van der Waals surface area contributed by atoms with Gasteiger partial charge in [-0.3, -0.25) is 0 Å². The fraction of sp³-hybridized carbons (Fsp3) is 0.318. The number of pyridine rings is 1. The van der Waals surface area contributed by atoms with Gasteiger partial charge in [0.25, 0.3) is 0 Å². The monoisotopic (exact) mass is 370 g/mol. The van der Waals surface area contributed by atoms with Crippen molar-refractivity contribution >= 4 is 16.6 Å². The first-order valence-electron chi connectivity index (χ1n) is 9.32. The highest BCUT2D eigenvalue weighted by Crippen LogP contribution is 2.33. The normalized spacial score (nSPS) is 15.4. The van der Waals surface area contributed by atoms with Crippen LogP contribution in [0, 0.1) is 5.92 Å². The molecule has 1 fully saturated rings. The van der Waals surface area contributed by atoms with Gasteiger partial charge in [-0.2, -0.15) is 13.2 Å². The van der Waals surface area contributed by atoms with Gasteiger partial charge in [0.05, 0.1) is 22.5 Å². The minimum atomic E-state index is -4.36. The Balaban J connectivity index is 1.67. The lowest BCUT2D eigenvalue weighted by Crippen LogP contribution is -2.11. The molecular formula is C22H21F3N2. The molecule has 1 aliphatic carbocycles. The number of hydrogen-bond acceptors (Lipinski definition) is 2. The second kappa shape index (κ2) is 7.22. The first-order chi connectivity index (χ1) is 13.0. The molecule has 0 bridgehead atoms. The lowest BCUT2D eigenvalue weighted by molar-refractivity contribution is -0.137. The molecule has 0 radical (unpaired) electrons. The van der Waals surface area contributed by atoms with Crippen LogP contribution in [0.2, 0.25) is 0 Å². The largest absolute Gasteiger partial charge is 0.416 e. The predicted molar refractivity (Wildman–Crippen MR) is 103 cm³/mol. The van der Waals surface area contributed by atoms with Crippen molar-refractivity contribution in [3.8, 4) is 11.3 Å². The van der Waals surface area contributed by atoms with Crippen LogP contribution in [0.1, 0.15) is 31.2 Å². The van der Waals surface area contributed by atoms with Crippen molar-refractivity contribution in [2.45, 2.75) is 31.9 Å². The summed E-state index contributed by atoms with van der Waals surface area (Å²) in [6.45, 7) is 0.911. The third kappa shape index (κ3) is 3.92. The topological polar surface area (TPSA) is 24.9 Å². The Morgan fingerprint density at radius 3 is 2.52 bits per heavy atom. The fourth-order valence-corrected chi connectivity index (χ4v) is 3.77. The van der Waals surface area contributed by atoms with Crippen LogP contribution in [0.3, 0.4) is 0 Å². The maximum Gasteiger partial charge on any atom is 0.416 e. The number of anilines is 1. The van der Waals surface area contributed by atoms with E-state index in [0.29, 0.717) is 17.2 Å². The Kier molecular flexibility index (Phi) is 4.77. The van der Waals surface area contributed by atoms with Gasteiger partial charge in [0, 0.05) is 17.5 Å². The molecule has 2 nitrogen and oxygen atoms in total. The van der Waals surface area contributed by atoms with Crippen molar-refractivity contribution in [3.63, 3.8) is 0 Å². The highest BCUT2D eigenvalue weighted by Gasteiger charge is 2.30. The Labute approximate surface area is 156 Å². The van der Waals surface area contributed by atoms with Gasteiger partial charge in [-0.1, -0.05) is 43.2 Å². The smallest absolute Gasteiger partial charge is 0.383 e. The molecule has 1 N–H and O–H groups in total. The summed E-state index contributed by atoms with van der Waals surface area (Å²) in [6, 6.07) is 15.0. The predicted octanol–water partition coefficient (Wildman–Crippen LogP) is 6.52. The van der Waals surface area contributed by atoms with Crippen molar-refractivity contribution in [2.24, 2.45) is 5.92 Å². The third-order valence-corrected chi connectivity index (χ3v) is 5.26. The lowest BCUT2D eigenvalue weighted by Gasteiger charge is -2.14. The minimum Gasteiger partial charge on any atom is -0.383 e. The Hall–Kier alpha value is -2.56. The van der Waals surface area contributed by atoms with Gasteiger partial charge in [-0.15, -0.1) is 0 Å².